The summed E-state index contributed by atoms with van der Waals surface area (Å²) >= 11 is 0. The Hall–Kier alpha value is -1.18. The molecule has 70 valence electrons. The molecule has 0 N–H and O–H groups in total. The summed E-state index contributed by atoms with van der Waals surface area (Å²) in [6.07, 6.45) is 2.36. The Morgan fingerprint density at radius 3 is 2.85 bits per heavy atom. The Kier molecular flexibility index (Phi) is 3.18. The Morgan fingerprint density at radius 2 is 2.31 bits per heavy atom. The second-order valence-electron chi connectivity index (χ2n) is 3.51. The average Bonchev–Trinajstić information content (AvgIpc) is 2.03. The molecule has 0 aliphatic rings. The molecule has 1 atom stereocenters. The third kappa shape index (κ3) is 2.65. The normalized spacial score (nSPS) is 12.5. The van der Waals surface area contributed by atoms with Crippen LogP contribution in [0.4, 0.5) is 0 Å². The highest BCUT2D eigenvalue weighted by molar-refractivity contribution is 5.76. The first-order valence-corrected chi connectivity index (χ1v) is 4.52. The molecule has 0 aliphatic carbocycles. The smallest absolute Gasteiger partial charge is 0.130 e. The van der Waals surface area contributed by atoms with Crippen molar-refractivity contribution in [3.05, 3.63) is 29.6 Å². The Labute approximate surface area is 79.0 Å². The van der Waals surface area contributed by atoms with E-state index in [0.29, 0.717) is 6.42 Å². The van der Waals surface area contributed by atoms with Crippen LogP contribution in [0.2, 0.25) is 0 Å². The third-order valence-corrected chi connectivity index (χ3v) is 2.11. The Balaban J connectivity index is 2.82. The quantitative estimate of drug-likeness (QED) is 0.710. The van der Waals surface area contributed by atoms with Crippen molar-refractivity contribution in [3.8, 4) is 0 Å². The summed E-state index contributed by atoms with van der Waals surface area (Å²) in [4.78, 5) is 15.2. The van der Waals surface area contributed by atoms with Crippen LogP contribution >= 0.6 is 0 Å². The summed E-state index contributed by atoms with van der Waals surface area (Å²) in [5.41, 5.74) is 2.20. The molecule has 0 saturated carbocycles. The molecule has 0 bridgehead atoms. The predicted molar refractivity (Wildman–Crippen MR) is 52.7 cm³/mol. The van der Waals surface area contributed by atoms with Gasteiger partial charge in [-0.25, -0.2) is 0 Å². The molecule has 0 aromatic carbocycles. The maximum absolute atomic E-state index is 10.9. The highest BCUT2D eigenvalue weighted by Crippen LogP contribution is 2.19. The van der Waals surface area contributed by atoms with Crippen LogP contribution in [-0.4, -0.2) is 10.8 Å². The standard InChI is InChI=1S/C11H15NO/c1-8-5-4-6-12-11(8)9(2)7-10(3)13/h4-6,9H,7H2,1-3H3. The van der Waals surface area contributed by atoms with Crippen LogP contribution < -0.4 is 0 Å². The van der Waals surface area contributed by atoms with E-state index in [1.807, 2.05) is 26.0 Å². The van der Waals surface area contributed by atoms with Gasteiger partial charge >= 0.3 is 0 Å². The predicted octanol–water partition coefficient (Wildman–Crippen LogP) is 2.47. The zero-order chi connectivity index (χ0) is 9.84. The molecule has 0 amide bonds. The molecule has 13 heavy (non-hydrogen) atoms. The lowest BCUT2D eigenvalue weighted by Gasteiger charge is -2.10. The van der Waals surface area contributed by atoms with Crippen LogP contribution in [0.3, 0.4) is 0 Å². The lowest BCUT2D eigenvalue weighted by Crippen LogP contribution is -2.04. The Morgan fingerprint density at radius 1 is 1.62 bits per heavy atom. The summed E-state index contributed by atoms with van der Waals surface area (Å²) < 4.78 is 0. The van der Waals surface area contributed by atoms with Crippen LogP contribution in [0.15, 0.2) is 18.3 Å². The van der Waals surface area contributed by atoms with Crippen molar-refractivity contribution in [3.63, 3.8) is 0 Å². The van der Waals surface area contributed by atoms with E-state index in [4.69, 9.17) is 0 Å². The number of aromatic nitrogens is 1. The molecule has 0 saturated heterocycles. The van der Waals surface area contributed by atoms with E-state index in [2.05, 4.69) is 4.98 Å². The molecule has 1 rings (SSSR count). The van der Waals surface area contributed by atoms with Gasteiger partial charge in [-0.3, -0.25) is 4.98 Å². The van der Waals surface area contributed by atoms with Crippen LogP contribution in [0.5, 0.6) is 0 Å². The number of nitrogens with zero attached hydrogens (tertiary/aromatic N) is 1. The number of hydrogen-bond donors (Lipinski definition) is 0. The number of rotatable bonds is 3. The monoisotopic (exact) mass is 177 g/mol. The molecule has 1 heterocycles. The van der Waals surface area contributed by atoms with E-state index in [-0.39, 0.29) is 11.7 Å². The van der Waals surface area contributed by atoms with Crippen LogP contribution in [0, 0.1) is 6.92 Å². The number of Topliss-reactive ketones (excluding diaryl/α,β-unsaturated/α-hetero) is 1. The molecular weight excluding hydrogens is 162 g/mol. The van der Waals surface area contributed by atoms with E-state index >= 15 is 0 Å². The van der Waals surface area contributed by atoms with Crippen molar-refractivity contribution < 1.29 is 4.79 Å². The van der Waals surface area contributed by atoms with Gasteiger partial charge in [0.05, 0.1) is 0 Å². The molecular formula is C11H15NO. The van der Waals surface area contributed by atoms with Gasteiger partial charge in [-0.15, -0.1) is 0 Å². The van der Waals surface area contributed by atoms with Crippen molar-refractivity contribution in [2.45, 2.75) is 33.1 Å². The summed E-state index contributed by atoms with van der Waals surface area (Å²) in [5, 5.41) is 0. The van der Waals surface area contributed by atoms with Gasteiger partial charge in [0.15, 0.2) is 0 Å². The van der Waals surface area contributed by atoms with Gasteiger partial charge in [-0.2, -0.15) is 0 Å². The zero-order valence-electron chi connectivity index (χ0n) is 8.37. The van der Waals surface area contributed by atoms with Crippen molar-refractivity contribution in [2.75, 3.05) is 0 Å². The number of carbonyl (C=O) groups is 1. The fourth-order valence-electron chi connectivity index (χ4n) is 1.54. The van der Waals surface area contributed by atoms with Gasteiger partial charge in [0.2, 0.25) is 0 Å². The fraction of sp³-hybridized carbons (Fsp3) is 0.455. The number of pyridine rings is 1. The fourth-order valence-corrected chi connectivity index (χ4v) is 1.54. The first-order valence-electron chi connectivity index (χ1n) is 4.52. The van der Waals surface area contributed by atoms with Gasteiger partial charge in [-0.05, 0) is 25.5 Å². The van der Waals surface area contributed by atoms with E-state index in [1.54, 1.807) is 13.1 Å². The number of hydrogen-bond acceptors (Lipinski definition) is 2. The topological polar surface area (TPSA) is 30.0 Å². The molecule has 1 unspecified atom stereocenters. The minimum Gasteiger partial charge on any atom is -0.300 e. The van der Waals surface area contributed by atoms with E-state index in [0.717, 1.165) is 11.3 Å². The van der Waals surface area contributed by atoms with Crippen molar-refractivity contribution in [1.29, 1.82) is 0 Å². The molecule has 0 aliphatic heterocycles. The van der Waals surface area contributed by atoms with Crippen LogP contribution in [-0.2, 0) is 4.79 Å². The summed E-state index contributed by atoms with van der Waals surface area (Å²) in [6.45, 7) is 5.68. The molecule has 2 heteroatoms. The lowest BCUT2D eigenvalue weighted by atomic mass is 9.98. The lowest BCUT2D eigenvalue weighted by molar-refractivity contribution is -0.117. The molecule has 1 aromatic heterocycles. The zero-order valence-corrected chi connectivity index (χ0v) is 8.37. The SMILES string of the molecule is CC(=O)CC(C)c1ncccc1C. The van der Waals surface area contributed by atoms with Gasteiger partial charge < -0.3 is 4.79 Å². The van der Waals surface area contributed by atoms with Crippen LogP contribution in [0.25, 0.3) is 0 Å². The Bertz CT molecular complexity index is 307. The maximum Gasteiger partial charge on any atom is 0.130 e. The molecule has 0 radical (unpaired) electrons. The minimum absolute atomic E-state index is 0.220. The van der Waals surface area contributed by atoms with Crippen molar-refractivity contribution >= 4 is 5.78 Å². The van der Waals surface area contributed by atoms with Gasteiger partial charge in [0, 0.05) is 24.2 Å². The minimum atomic E-state index is 0.220. The number of aryl methyl sites for hydroxylation is 1. The summed E-state index contributed by atoms with van der Waals surface area (Å²) in [5.74, 6) is 0.455. The number of carbonyl (C=O) groups excluding carboxylic acids is 1. The second-order valence-corrected chi connectivity index (χ2v) is 3.51. The highest BCUT2D eigenvalue weighted by atomic mass is 16.1. The van der Waals surface area contributed by atoms with Gasteiger partial charge in [-0.1, -0.05) is 13.0 Å². The van der Waals surface area contributed by atoms with Crippen molar-refractivity contribution in [2.24, 2.45) is 0 Å². The average molecular weight is 177 g/mol. The van der Waals surface area contributed by atoms with Crippen LogP contribution in [0.1, 0.15) is 37.4 Å². The molecule has 2 nitrogen and oxygen atoms in total. The maximum atomic E-state index is 10.9. The van der Waals surface area contributed by atoms with Gasteiger partial charge in [0.25, 0.3) is 0 Å². The number of ketones is 1. The van der Waals surface area contributed by atoms with E-state index in [1.165, 1.54) is 0 Å². The molecule has 0 spiro atoms. The summed E-state index contributed by atoms with van der Waals surface area (Å²) in [7, 11) is 0. The first kappa shape index (κ1) is 9.90. The molecule has 0 fully saturated rings. The van der Waals surface area contributed by atoms with Crippen molar-refractivity contribution in [1.82, 2.24) is 4.98 Å². The van der Waals surface area contributed by atoms with Gasteiger partial charge in [0.1, 0.15) is 5.78 Å². The van der Waals surface area contributed by atoms with E-state index in [9.17, 15) is 4.79 Å². The first-order chi connectivity index (χ1) is 6.11. The summed E-state index contributed by atoms with van der Waals surface area (Å²) in [6, 6.07) is 3.94. The third-order valence-electron chi connectivity index (χ3n) is 2.11. The largest absolute Gasteiger partial charge is 0.300 e. The second kappa shape index (κ2) is 4.17. The molecule has 1 aromatic rings. The van der Waals surface area contributed by atoms with E-state index < -0.39 is 0 Å². The highest BCUT2D eigenvalue weighted by Gasteiger charge is 2.11.